The molecule has 1 saturated carbocycles. The molecule has 1 saturated heterocycles. The SMILES string of the molecule is CCC(=O)[C@@H]1C[C@]23CNC(=O)[C@@H](C)CCCCCc4cc(C(C)C)cc5c(C(C)=O)cn(c45)CC(=O)N1[C@@H]2C3. The molecular weight excluding hydrogens is 490 g/mol. The van der Waals surface area contributed by atoms with Crippen molar-refractivity contribution in [3.05, 3.63) is 35.0 Å². The van der Waals surface area contributed by atoms with Crippen LogP contribution in [0.25, 0.3) is 10.9 Å². The zero-order chi connectivity index (χ0) is 28.1. The molecule has 2 fully saturated rings. The number of carbonyl (C=O) groups excluding carboxylic acids is 4. The lowest BCUT2D eigenvalue weighted by atomic mass is 9.93. The van der Waals surface area contributed by atoms with Crippen molar-refractivity contribution in [1.29, 1.82) is 0 Å². The molecule has 3 aliphatic rings. The van der Waals surface area contributed by atoms with E-state index in [2.05, 4.69) is 31.3 Å². The highest BCUT2D eigenvalue weighted by molar-refractivity contribution is 6.08. The van der Waals surface area contributed by atoms with Crippen LogP contribution in [-0.4, -0.2) is 51.5 Å². The van der Waals surface area contributed by atoms with Gasteiger partial charge in [0.15, 0.2) is 11.6 Å². The number of ketones is 2. The molecule has 7 heteroatoms. The van der Waals surface area contributed by atoms with E-state index in [9.17, 15) is 19.2 Å². The van der Waals surface area contributed by atoms with Crippen LogP contribution in [0.2, 0.25) is 0 Å². The summed E-state index contributed by atoms with van der Waals surface area (Å²) in [7, 11) is 0. The van der Waals surface area contributed by atoms with E-state index in [1.54, 1.807) is 6.92 Å². The first kappa shape index (κ1) is 27.6. The maximum atomic E-state index is 14.0. The van der Waals surface area contributed by atoms with E-state index in [1.807, 2.05) is 29.5 Å². The third kappa shape index (κ3) is 5.05. The largest absolute Gasteiger partial charge is 0.355 e. The van der Waals surface area contributed by atoms with E-state index < -0.39 is 6.04 Å². The molecule has 1 aliphatic carbocycles. The first-order valence-electron chi connectivity index (χ1n) is 14.8. The van der Waals surface area contributed by atoms with Gasteiger partial charge < -0.3 is 14.8 Å². The molecule has 2 bridgehead atoms. The summed E-state index contributed by atoms with van der Waals surface area (Å²) in [6.07, 6.45) is 8.32. The van der Waals surface area contributed by atoms with Crippen LogP contribution in [-0.2, 0) is 27.3 Å². The highest BCUT2D eigenvalue weighted by atomic mass is 16.2. The van der Waals surface area contributed by atoms with Gasteiger partial charge in [-0.15, -0.1) is 0 Å². The van der Waals surface area contributed by atoms with Gasteiger partial charge in [0.05, 0.1) is 11.6 Å². The zero-order valence-corrected chi connectivity index (χ0v) is 24.1. The Balaban J connectivity index is 1.58. The van der Waals surface area contributed by atoms with Crippen LogP contribution in [0.15, 0.2) is 18.3 Å². The van der Waals surface area contributed by atoms with Gasteiger partial charge in [-0.2, -0.15) is 0 Å². The third-order valence-corrected chi connectivity index (χ3v) is 9.50. The van der Waals surface area contributed by atoms with Crippen LogP contribution in [0, 0.1) is 11.3 Å². The lowest BCUT2D eigenvalue weighted by molar-refractivity contribution is -0.139. The minimum atomic E-state index is -0.449. The van der Waals surface area contributed by atoms with Crippen molar-refractivity contribution in [2.24, 2.45) is 11.3 Å². The summed E-state index contributed by atoms with van der Waals surface area (Å²) < 4.78 is 1.96. The highest BCUT2D eigenvalue weighted by Gasteiger charge is 2.66. The van der Waals surface area contributed by atoms with Crippen LogP contribution in [0.5, 0.6) is 0 Å². The molecule has 1 aromatic carbocycles. The molecule has 0 spiro atoms. The number of benzene rings is 1. The summed E-state index contributed by atoms with van der Waals surface area (Å²) in [6.45, 7) is 10.4. The van der Waals surface area contributed by atoms with E-state index >= 15 is 0 Å². The topological polar surface area (TPSA) is 88.5 Å². The molecule has 2 aliphatic heterocycles. The van der Waals surface area contributed by atoms with Crippen molar-refractivity contribution < 1.29 is 19.2 Å². The van der Waals surface area contributed by atoms with Crippen LogP contribution in [0.1, 0.15) is 107 Å². The van der Waals surface area contributed by atoms with E-state index in [0.717, 1.165) is 55.0 Å². The van der Waals surface area contributed by atoms with Crippen molar-refractivity contribution in [3.63, 3.8) is 0 Å². The molecule has 1 N–H and O–H groups in total. The molecule has 0 unspecified atom stereocenters. The number of nitrogens with one attached hydrogen (secondary N) is 1. The molecule has 1 aromatic heterocycles. The van der Waals surface area contributed by atoms with Crippen molar-refractivity contribution in [2.45, 2.75) is 111 Å². The summed E-state index contributed by atoms with van der Waals surface area (Å²) in [5.74, 6) is 0.308. The fourth-order valence-corrected chi connectivity index (χ4v) is 6.98. The lowest BCUT2D eigenvalue weighted by Gasteiger charge is -2.27. The summed E-state index contributed by atoms with van der Waals surface area (Å²) in [5.41, 5.74) is 3.75. The molecular formula is C32H43N3O4. The number of hydrogen-bond acceptors (Lipinski definition) is 4. The van der Waals surface area contributed by atoms with Gasteiger partial charge in [-0.1, -0.05) is 46.6 Å². The van der Waals surface area contributed by atoms with Crippen LogP contribution in [0.4, 0.5) is 0 Å². The summed E-state index contributed by atoms with van der Waals surface area (Å²) in [4.78, 5) is 54.4. The Bertz CT molecular complexity index is 1320. The molecule has 2 amide bonds. The van der Waals surface area contributed by atoms with Crippen molar-refractivity contribution >= 4 is 34.3 Å². The van der Waals surface area contributed by atoms with Crippen molar-refractivity contribution in [2.75, 3.05) is 6.54 Å². The molecule has 4 atom stereocenters. The summed E-state index contributed by atoms with van der Waals surface area (Å²) in [5, 5.41) is 4.08. The first-order valence-corrected chi connectivity index (χ1v) is 14.8. The Hall–Kier alpha value is -2.96. The number of aromatic nitrogens is 1. The van der Waals surface area contributed by atoms with Crippen molar-refractivity contribution in [3.8, 4) is 0 Å². The van der Waals surface area contributed by atoms with Gasteiger partial charge in [-0.3, -0.25) is 19.2 Å². The average Bonchev–Trinajstić information content (AvgIpc) is 3.31. The fraction of sp³-hybridized carbons (Fsp3) is 0.625. The number of nitrogens with zero attached hydrogens (tertiary/aromatic N) is 2. The second kappa shape index (κ2) is 10.5. The van der Waals surface area contributed by atoms with E-state index in [1.165, 1.54) is 5.56 Å². The first-order chi connectivity index (χ1) is 18.6. The smallest absolute Gasteiger partial charge is 0.243 e. The molecule has 7 nitrogen and oxygen atoms in total. The predicted molar refractivity (Wildman–Crippen MR) is 152 cm³/mol. The predicted octanol–water partition coefficient (Wildman–Crippen LogP) is 5.17. The van der Waals surface area contributed by atoms with Gasteiger partial charge in [0, 0.05) is 47.5 Å². The Morgan fingerprint density at radius 1 is 1.13 bits per heavy atom. The van der Waals surface area contributed by atoms with E-state index in [4.69, 9.17) is 0 Å². The van der Waals surface area contributed by atoms with E-state index in [-0.39, 0.29) is 47.3 Å². The molecule has 3 heterocycles. The molecule has 5 rings (SSSR count). The lowest BCUT2D eigenvalue weighted by Crippen LogP contribution is -2.44. The number of carbonyl (C=O) groups is 4. The Kier molecular flexibility index (Phi) is 7.47. The van der Waals surface area contributed by atoms with Gasteiger partial charge >= 0.3 is 0 Å². The van der Waals surface area contributed by atoms with Crippen molar-refractivity contribution in [1.82, 2.24) is 14.8 Å². The quantitative estimate of drug-likeness (QED) is 0.549. The number of piperidine rings is 1. The number of rotatable bonds is 4. The number of aryl methyl sites for hydroxylation is 1. The molecule has 2 aromatic rings. The van der Waals surface area contributed by atoms with Gasteiger partial charge in [-0.05, 0) is 62.1 Å². The minimum Gasteiger partial charge on any atom is -0.355 e. The Morgan fingerprint density at radius 3 is 2.59 bits per heavy atom. The van der Waals surface area contributed by atoms with Crippen LogP contribution >= 0.6 is 0 Å². The third-order valence-electron chi connectivity index (χ3n) is 9.50. The van der Waals surface area contributed by atoms with Crippen LogP contribution < -0.4 is 5.32 Å². The zero-order valence-electron chi connectivity index (χ0n) is 24.1. The minimum absolute atomic E-state index is 0.00801. The van der Waals surface area contributed by atoms with Gasteiger partial charge in [0.1, 0.15) is 6.54 Å². The number of hydrogen-bond donors (Lipinski definition) is 1. The monoisotopic (exact) mass is 533 g/mol. The molecule has 0 radical (unpaired) electrons. The summed E-state index contributed by atoms with van der Waals surface area (Å²) in [6, 6.07) is 3.88. The second-order valence-electron chi connectivity index (χ2n) is 12.6. The molecule has 39 heavy (non-hydrogen) atoms. The van der Waals surface area contributed by atoms with Gasteiger partial charge in [-0.25, -0.2) is 0 Å². The Morgan fingerprint density at radius 2 is 1.90 bits per heavy atom. The Labute approximate surface area is 231 Å². The van der Waals surface area contributed by atoms with Gasteiger partial charge in [0.25, 0.3) is 0 Å². The maximum absolute atomic E-state index is 14.0. The fourth-order valence-electron chi connectivity index (χ4n) is 6.98. The standard InChI is InChI=1S/C32H43N3O4/c1-6-27(37)26-14-32-15-28(32)35(26)29(38)17-34-16-25(21(5)36)24-13-23(19(2)3)12-22(30(24)34)11-9-7-8-10-20(4)31(39)33-18-32/h12-13,16,19-20,26,28H,6-11,14-15,17-18H2,1-5H3,(H,33,39)/t20-,26-,28+,32-/m0/s1. The summed E-state index contributed by atoms with van der Waals surface area (Å²) >= 11 is 0. The average molecular weight is 534 g/mol. The van der Waals surface area contributed by atoms with E-state index in [0.29, 0.717) is 30.9 Å². The van der Waals surface area contributed by atoms with Gasteiger partial charge in [0.2, 0.25) is 11.8 Å². The number of amides is 2. The normalized spacial score (nSPS) is 27.8. The highest BCUT2D eigenvalue weighted by Crippen LogP contribution is 2.59. The second-order valence-corrected chi connectivity index (χ2v) is 12.6. The number of Topliss-reactive ketones (excluding diaryl/α,β-unsaturated/α-hetero) is 2. The maximum Gasteiger partial charge on any atom is 0.243 e. The molecule has 210 valence electrons. The van der Waals surface area contributed by atoms with Crippen LogP contribution in [0.3, 0.4) is 0 Å².